The van der Waals surface area contributed by atoms with Gasteiger partial charge in [0.25, 0.3) is 0 Å². The minimum absolute atomic E-state index is 0.0776. The Balaban J connectivity index is 1.34. The monoisotopic (exact) mass is 534 g/mol. The molecule has 0 saturated carbocycles. The zero-order chi connectivity index (χ0) is 23.2. The molecule has 1 aromatic carbocycles. The van der Waals surface area contributed by atoms with Crippen molar-refractivity contribution < 1.29 is 19.7 Å². The number of thioether (sulfide) groups is 1. The summed E-state index contributed by atoms with van der Waals surface area (Å²) < 4.78 is 6.78. The number of rotatable bonds is 10. The number of likely N-dealkylation sites (tertiary alicyclic amines) is 1. The first-order valence-corrected chi connectivity index (χ1v) is 14.1. The zero-order valence-corrected chi connectivity index (χ0v) is 21.3. The molecule has 0 spiro atoms. The summed E-state index contributed by atoms with van der Waals surface area (Å²) in [6.45, 7) is 2.43. The molecule has 1 aliphatic heterocycles. The summed E-state index contributed by atoms with van der Waals surface area (Å²) in [5.41, 5.74) is 1.63. The molecule has 0 amide bonds. The molecule has 1 fully saturated rings. The van der Waals surface area contributed by atoms with Gasteiger partial charge in [-0.25, -0.2) is 0 Å². The molecule has 1 saturated heterocycles. The smallest absolute Gasteiger partial charge is 0.00964 e. The number of hydrogen-bond acceptors (Lipinski definition) is 6. The van der Waals surface area contributed by atoms with Gasteiger partial charge >= 0.3 is 141 Å². The molecule has 0 bridgehead atoms. The number of pyridine rings is 1. The Labute approximate surface area is 204 Å². The van der Waals surface area contributed by atoms with Gasteiger partial charge in [-0.15, -0.1) is 0 Å². The van der Waals surface area contributed by atoms with Crippen LogP contribution in [0.1, 0.15) is 30.9 Å². The largest absolute Gasteiger partial charge is 0.0102 e. The fourth-order valence-corrected chi connectivity index (χ4v) is 7.58. The Morgan fingerprint density at radius 3 is 3.00 bits per heavy atom. The standard InChI is InChI=1S/C25H30N2O4SSe/c1-31-18-5-6-22-20(15-18)19(8-10-26-22)23(28)7-4-17-9-11-27(16-21(17)25(29)30)12-13-32-24-3-2-14-33-24/h2-3,5-6,8,10,14-15,17,21,23,28H,4,7,9,11-13,16H2,1H3,(H,29,30)/t17-,21+,23-/m1/s1. The van der Waals surface area contributed by atoms with Gasteiger partial charge in [-0.2, -0.15) is 0 Å². The molecule has 6 nitrogen and oxygen atoms in total. The minimum atomic E-state index is -0.725. The van der Waals surface area contributed by atoms with Crippen molar-refractivity contribution in [3.05, 3.63) is 53.1 Å². The van der Waals surface area contributed by atoms with E-state index in [4.69, 9.17) is 4.74 Å². The van der Waals surface area contributed by atoms with Gasteiger partial charge in [-0.1, -0.05) is 0 Å². The number of fused-ring (bicyclic) bond motifs is 1. The number of methoxy groups -OCH3 is 1. The van der Waals surface area contributed by atoms with Gasteiger partial charge < -0.3 is 4.74 Å². The van der Waals surface area contributed by atoms with Gasteiger partial charge in [-0.3, -0.25) is 4.98 Å². The number of ether oxygens (including phenoxy) is 1. The molecule has 0 aliphatic carbocycles. The normalized spacial score (nSPS) is 20.1. The summed E-state index contributed by atoms with van der Waals surface area (Å²) in [5.74, 6) is 0.693. The third-order valence-corrected chi connectivity index (χ3v) is 9.89. The number of piperidine rings is 1. The van der Waals surface area contributed by atoms with Gasteiger partial charge in [-0.05, 0) is 24.3 Å². The Kier molecular flexibility index (Phi) is 8.50. The van der Waals surface area contributed by atoms with Gasteiger partial charge in [0.15, 0.2) is 0 Å². The summed E-state index contributed by atoms with van der Waals surface area (Å²) in [6, 6.07) is 11.8. The molecule has 33 heavy (non-hydrogen) atoms. The number of aromatic nitrogens is 1. The molecular formula is C25H30N2O4SSe. The molecule has 2 N–H and O–H groups in total. The Hall–Kier alpha value is -1.83. The Morgan fingerprint density at radius 2 is 2.24 bits per heavy atom. The van der Waals surface area contributed by atoms with Gasteiger partial charge in [0.1, 0.15) is 5.75 Å². The van der Waals surface area contributed by atoms with E-state index in [-0.39, 0.29) is 11.8 Å². The van der Waals surface area contributed by atoms with E-state index in [1.807, 2.05) is 36.0 Å². The van der Waals surface area contributed by atoms with Gasteiger partial charge in [0, 0.05) is 11.6 Å². The minimum Gasteiger partial charge on any atom is -0.0102 e. The van der Waals surface area contributed by atoms with Crippen LogP contribution >= 0.6 is 11.8 Å². The number of hydrogen-bond donors (Lipinski definition) is 2. The second kappa shape index (κ2) is 11.5. The van der Waals surface area contributed by atoms with E-state index in [9.17, 15) is 15.0 Å². The summed E-state index contributed by atoms with van der Waals surface area (Å²) in [7, 11) is 1.62. The van der Waals surface area contributed by atoms with Crippen LogP contribution in [-0.4, -0.2) is 73.1 Å². The number of carbonyl (C=O) groups is 1. The molecule has 3 atom stereocenters. The van der Waals surface area contributed by atoms with Crippen LogP contribution in [0, 0.1) is 11.8 Å². The second-order valence-electron chi connectivity index (χ2n) is 8.45. The third-order valence-electron chi connectivity index (χ3n) is 6.46. The average molecular weight is 534 g/mol. The molecule has 3 heterocycles. The third kappa shape index (κ3) is 6.19. The van der Waals surface area contributed by atoms with Crippen molar-refractivity contribution >= 4 is 43.1 Å². The molecule has 0 unspecified atom stereocenters. The van der Waals surface area contributed by atoms with Crippen LogP contribution in [0.3, 0.4) is 0 Å². The summed E-state index contributed by atoms with van der Waals surface area (Å²) in [5, 5.41) is 21.7. The second-order valence-corrected chi connectivity index (χ2v) is 12.2. The van der Waals surface area contributed by atoms with Crippen molar-refractivity contribution in [1.82, 2.24) is 9.88 Å². The first kappa shape index (κ1) is 24.3. The quantitative estimate of drug-likeness (QED) is 0.302. The molecular weight excluding hydrogens is 503 g/mol. The van der Waals surface area contributed by atoms with Crippen molar-refractivity contribution in [3.63, 3.8) is 0 Å². The Morgan fingerprint density at radius 1 is 1.36 bits per heavy atom. The molecule has 1 aliphatic rings. The van der Waals surface area contributed by atoms with E-state index in [2.05, 4.69) is 27.0 Å². The summed E-state index contributed by atoms with van der Waals surface area (Å²) in [6.07, 6.45) is 3.12. The maximum atomic E-state index is 12.0. The average Bonchev–Trinajstić information content (AvgIpc) is 3.35. The van der Waals surface area contributed by atoms with Gasteiger partial charge in [0.2, 0.25) is 0 Å². The fourth-order valence-electron chi connectivity index (χ4n) is 4.61. The molecule has 0 radical (unpaired) electrons. The van der Waals surface area contributed by atoms with Crippen molar-refractivity contribution in [2.45, 2.75) is 29.1 Å². The van der Waals surface area contributed by atoms with Crippen LogP contribution in [-0.2, 0) is 4.79 Å². The Bertz CT molecular complexity index is 1060. The number of aliphatic carboxylic acids is 1. The van der Waals surface area contributed by atoms with E-state index >= 15 is 0 Å². The summed E-state index contributed by atoms with van der Waals surface area (Å²) >= 11 is 2.37. The molecule has 3 aromatic rings. The molecule has 8 heteroatoms. The maximum absolute atomic E-state index is 12.0. The first-order valence-electron chi connectivity index (χ1n) is 11.3. The van der Waals surface area contributed by atoms with Crippen molar-refractivity contribution in [2.24, 2.45) is 11.8 Å². The van der Waals surface area contributed by atoms with Crippen LogP contribution in [0.15, 0.2) is 51.3 Å². The predicted molar refractivity (Wildman–Crippen MR) is 132 cm³/mol. The molecule has 4 rings (SSSR count). The number of nitrogens with zero attached hydrogens (tertiary/aromatic N) is 2. The predicted octanol–water partition coefficient (Wildman–Crippen LogP) is 3.93. The molecule has 2 aromatic heterocycles. The zero-order valence-electron chi connectivity index (χ0n) is 18.7. The fraction of sp³-hybridized carbons (Fsp3) is 0.440. The number of carboxylic acid groups (broad SMARTS) is 1. The SMILES string of the molecule is COc1ccc2nccc([C@H](O)CC[C@@H]3CCN(CCSc4ccc[se]4)C[C@@H]3C(=O)O)c2c1. The van der Waals surface area contributed by atoms with E-state index in [1.165, 1.54) is 3.77 Å². The van der Waals surface area contributed by atoms with Crippen molar-refractivity contribution in [2.75, 3.05) is 32.5 Å². The van der Waals surface area contributed by atoms with E-state index in [0.717, 1.165) is 47.5 Å². The maximum Gasteiger partial charge on any atom is 0.00964 e. The summed E-state index contributed by atoms with van der Waals surface area (Å²) in [4.78, 5) is 20.9. The van der Waals surface area contributed by atoms with Crippen LogP contribution in [0.4, 0.5) is 0 Å². The van der Waals surface area contributed by atoms with Crippen LogP contribution in [0.2, 0.25) is 0 Å². The number of aliphatic hydroxyl groups is 1. The van der Waals surface area contributed by atoms with Crippen LogP contribution in [0.5, 0.6) is 5.75 Å². The van der Waals surface area contributed by atoms with Crippen molar-refractivity contribution in [3.8, 4) is 5.75 Å². The van der Waals surface area contributed by atoms with E-state index < -0.39 is 12.1 Å². The van der Waals surface area contributed by atoms with Crippen molar-refractivity contribution in [1.29, 1.82) is 0 Å². The first-order chi connectivity index (χ1) is 16.0. The van der Waals surface area contributed by atoms with E-state index in [1.54, 1.807) is 13.3 Å². The number of carboxylic acids is 1. The van der Waals surface area contributed by atoms with Crippen LogP contribution in [0.25, 0.3) is 10.9 Å². The molecule has 176 valence electrons. The topological polar surface area (TPSA) is 82.9 Å². The van der Waals surface area contributed by atoms with Crippen LogP contribution < -0.4 is 4.74 Å². The van der Waals surface area contributed by atoms with E-state index in [0.29, 0.717) is 33.9 Å². The number of aliphatic hydroxyl groups excluding tert-OH is 1. The van der Waals surface area contributed by atoms with Gasteiger partial charge in [0.05, 0.1) is 12.6 Å². The number of benzene rings is 1.